The van der Waals surface area contributed by atoms with Gasteiger partial charge in [-0.1, -0.05) is 36.4 Å². The molecular weight excluding hydrogens is 432 g/mol. The molecule has 1 aromatic heterocycles. The first-order chi connectivity index (χ1) is 16.5. The number of carbonyl (C=O) groups is 2. The highest BCUT2D eigenvalue weighted by Gasteiger charge is 2.17. The maximum absolute atomic E-state index is 12.9. The Bertz CT molecular complexity index is 1330. The summed E-state index contributed by atoms with van der Waals surface area (Å²) >= 11 is 0. The van der Waals surface area contributed by atoms with Crippen molar-refractivity contribution in [2.45, 2.75) is 26.5 Å². The molecule has 4 aromatic rings. The van der Waals surface area contributed by atoms with Gasteiger partial charge < -0.3 is 24.9 Å². The molecular formula is C27H26N2O5. The minimum absolute atomic E-state index is 0.185. The molecule has 7 heteroatoms. The Balaban J connectivity index is 1.45. The van der Waals surface area contributed by atoms with E-state index >= 15 is 0 Å². The van der Waals surface area contributed by atoms with E-state index in [9.17, 15) is 9.59 Å². The number of rotatable bonds is 9. The summed E-state index contributed by atoms with van der Waals surface area (Å²) in [6.07, 6.45) is 0. The summed E-state index contributed by atoms with van der Waals surface area (Å²) in [5.41, 5.74) is 7.65. The van der Waals surface area contributed by atoms with E-state index in [1.165, 1.54) is 0 Å². The van der Waals surface area contributed by atoms with Crippen LogP contribution in [0.3, 0.4) is 0 Å². The maximum Gasteiger partial charge on any atom is 0.252 e. The highest BCUT2D eigenvalue weighted by Crippen LogP contribution is 2.31. The summed E-state index contributed by atoms with van der Waals surface area (Å²) in [4.78, 5) is 24.5. The van der Waals surface area contributed by atoms with Gasteiger partial charge >= 0.3 is 0 Å². The van der Waals surface area contributed by atoms with Gasteiger partial charge in [-0.05, 0) is 55.8 Å². The molecule has 0 saturated heterocycles. The highest BCUT2D eigenvalue weighted by molar-refractivity contribution is 5.96. The third-order valence-electron chi connectivity index (χ3n) is 5.34. The standard InChI is InChI=1S/C27H26N2O5/c1-3-32-23-13-7-9-19-15-24(34-25(19)23)17(2)29-27(31)20-10-6-8-18(14-20)16-33-22-12-5-4-11-21(22)26(28)30/h4-15,17H,3,16H2,1-2H3,(H2,28,30)(H,29,31). The summed E-state index contributed by atoms with van der Waals surface area (Å²) < 4.78 is 17.4. The topological polar surface area (TPSA) is 104 Å². The first-order valence-electron chi connectivity index (χ1n) is 11.0. The van der Waals surface area contributed by atoms with E-state index < -0.39 is 5.91 Å². The fourth-order valence-corrected chi connectivity index (χ4v) is 3.65. The molecule has 0 aliphatic carbocycles. The molecule has 0 bridgehead atoms. The van der Waals surface area contributed by atoms with Gasteiger partial charge in [-0.2, -0.15) is 0 Å². The molecule has 4 rings (SSSR count). The van der Waals surface area contributed by atoms with Crippen LogP contribution in [0.1, 0.15) is 51.9 Å². The molecule has 0 saturated carbocycles. The Morgan fingerprint density at radius 3 is 2.53 bits per heavy atom. The van der Waals surface area contributed by atoms with Gasteiger partial charge in [0, 0.05) is 10.9 Å². The molecule has 0 aliphatic heterocycles. The quantitative estimate of drug-likeness (QED) is 0.367. The van der Waals surface area contributed by atoms with Crippen LogP contribution in [0.15, 0.2) is 77.2 Å². The van der Waals surface area contributed by atoms with E-state index in [2.05, 4.69) is 5.32 Å². The number of ether oxygens (including phenoxy) is 2. The molecule has 3 N–H and O–H groups in total. The minimum Gasteiger partial charge on any atom is -0.490 e. The second-order valence-electron chi connectivity index (χ2n) is 7.80. The van der Waals surface area contributed by atoms with Crippen LogP contribution in [0.25, 0.3) is 11.0 Å². The fraction of sp³-hybridized carbons (Fsp3) is 0.185. The van der Waals surface area contributed by atoms with E-state index in [4.69, 9.17) is 19.6 Å². The van der Waals surface area contributed by atoms with Crippen LogP contribution in [-0.4, -0.2) is 18.4 Å². The first kappa shape index (κ1) is 22.9. The smallest absolute Gasteiger partial charge is 0.252 e. The molecule has 34 heavy (non-hydrogen) atoms. The monoisotopic (exact) mass is 458 g/mol. The highest BCUT2D eigenvalue weighted by atomic mass is 16.5. The van der Waals surface area contributed by atoms with E-state index in [1.54, 1.807) is 42.5 Å². The SMILES string of the molecule is CCOc1cccc2cc(C(C)NC(=O)c3cccc(COc4ccccc4C(N)=O)c3)oc12. The van der Waals surface area contributed by atoms with Crippen molar-refractivity contribution in [2.24, 2.45) is 5.73 Å². The maximum atomic E-state index is 12.9. The molecule has 1 unspecified atom stereocenters. The molecule has 1 atom stereocenters. The lowest BCUT2D eigenvalue weighted by atomic mass is 10.1. The number of amides is 2. The number of hydrogen-bond acceptors (Lipinski definition) is 5. The van der Waals surface area contributed by atoms with Crippen LogP contribution >= 0.6 is 0 Å². The van der Waals surface area contributed by atoms with Gasteiger partial charge in [0.25, 0.3) is 11.8 Å². The summed E-state index contributed by atoms with van der Waals surface area (Å²) in [5.74, 6) is 0.914. The molecule has 1 heterocycles. The average molecular weight is 459 g/mol. The van der Waals surface area contributed by atoms with Crippen LogP contribution in [0.5, 0.6) is 11.5 Å². The number of carbonyl (C=O) groups excluding carboxylic acids is 2. The van der Waals surface area contributed by atoms with Gasteiger partial charge in [0.2, 0.25) is 0 Å². The Labute approximate surface area is 197 Å². The molecule has 174 valence electrons. The molecule has 0 fully saturated rings. The predicted molar refractivity (Wildman–Crippen MR) is 129 cm³/mol. The van der Waals surface area contributed by atoms with Gasteiger partial charge in [0.1, 0.15) is 18.1 Å². The van der Waals surface area contributed by atoms with Crippen molar-refractivity contribution < 1.29 is 23.5 Å². The van der Waals surface area contributed by atoms with Crippen LogP contribution in [0.4, 0.5) is 0 Å². The lowest BCUT2D eigenvalue weighted by Gasteiger charge is -2.13. The predicted octanol–water partition coefficient (Wildman–Crippen LogP) is 5.00. The van der Waals surface area contributed by atoms with Crippen molar-refractivity contribution in [3.63, 3.8) is 0 Å². The molecule has 0 aliphatic rings. The Morgan fingerprint density at radius 1 is 0.971 bits per heavy atom. The van der Waals surface area contributed by atoms with Crippen LogP contribution in [0, 0.1) is 0 Å². The van der Waals surface area contributed by atoms with Crippen LogP contribution < -0.4 is 20.5 Å². The Morgan fingerprint density at radius 2 is 1.74 bits per heavy atom. The van der Waals surface area contributed by atoms with Crippen molar-refractivity contribution >= 4 is 22.8 Å². The van der Waals surface area contributed by atoms with E-state index in [1.807, 2.05) is 44.2 Å². The third kappa shape index (κ3) is 5.04. The number of nitrogens with one attached hydrogen (secondary N) is 1. The summed E-state index contributed by atoms with van der Waals surface area (Å²) in [7, 11) is 0. The van der Waals surface area contributed by atoms with Gasteiger partial charge in [0.15, 0.2) is 11.3 Å². The molecule has 0 radical (unpaired) electrons. The molecule has 7 nitrogen and oxygen atoms in total. The Hall–Kier alpha value is -4.26. The fourth-order valence-electron chi connectivity index (χ4n) is 3.65. The van der Waals surface area contributed by atoms with Crippen molar-refractivity contribution in [1.82, 2.24) is 5.32 Å². The van der Waals surface area contributed by atoms with Crippen LogP contribution in [-0.2, 0) is 6.61 Å². The number of fused-ring (bicyclic) bond motifs is 1. The zero-order valence-corrected chi connectivity index (χ0v) is 19.0. The number of furan rings is 1. The van der Waals surface area contributed by atoms with E-state index in [0.29, 0.717) is 40.6 Å². The third-order valence-corrected chi connectivity index (χ3v) is 5.34. The van der Waals surface area contributed by atoms with E-state index in [0.717, 1.165) is 10.9 Å². The van der Waals surface area contributed by atoms with E-state index in [-0.39, 0.29) is 18.6 Å². The second kappa shape index (κ2) is 10.1. The zero-order chi connectivity index (χ0) is 24.1. The van der Waals surface area contributed by atoms with Crippen molar-refractivity contribution in [3.8, 4) is 11.5 Å². The summed E-state index contributed by atoms with van der Waals surface area (Å²) in [6, 6.07) is 21.2. The van der Waals surface area contributed by atoms with Gasteiger partial charge in [-0.3, -0.25) is 9.59 Å². The van der Waals surface area contributed by atoms with Gasteiger partial charge in [-0.25, -0.2) is 0 Å². The summed E-state index contributed by atoms with van der Waals surface area (Å²) in [6.45, 7) is 4.51. The number of primary amides is 1. The van der Waals surface area contributed by atoms with Gasteiger partial charge in [-0.15, -0.1) is 0 Å². The van der Waals surface area contributed by atoms with Crippen molar-refractivity contribution in [2.75, 3.05) is 6.61 Å². The Kier molecular flexibility index (Phi) is 6.82. The second-order valence-corrected chi connectivity index (χ2v) is 7.80. The average Bonchev–Trinajstić information content (AvgIpc) is 3.29. The number of hydrogen-bond donors (Lipinski definition) is 2. The van der Waals surface area contributed by atoms with Crippen LogP contribution in [0.2, 0.25) is 0 Å². The molecule has 3 aromatic carbocycles. The lowest BCUT2D eigenvalue weighted by molar-refractivity contribution is 0.0934. The normalized spacial score (nSPS) is 11.7. The lowest BCUT2D eigenvalue weighted by Crippen LogP contribution is -2.26. The number of benzene rings is 3. The van der Waals surface area contributed by atoms with Gasteiger partial charge in [0.05, 0.1) is 18.2 Å². The minimum atomic E-state index is -0.559. The van der Waals surface area contributed by atoms with Crippen molar-refractivity contribution in [3.05, 3.63) is 95.2 Å². The number of nitrogens with two attached hydrogens (primary N) is 1. The number of para-hydroxylation sites is 2. The zero-order valence-electron chi connectivity index (χ0n) is 19.0. The summed E-state index contributed by atoms with van der Waals surface area (Å²) in [5, 5.41) is 3.89. The molecule has 2 amide bonds. The van der Waals surface area contributed by atoms with Crippen molar-refractivity contribution in [1.29, 1.82) is 0 Å². The first-order valence-corrected chi connectivity index (χ1v) is 11.0. The largest absolute Gasteiger partial charge is 0.490 e. The molecule has 0 spiro atoms.